The van der Waals surface area contributed by atoms with Crippen molar-refractivity contribution in [3.05, 3.63) is 29.8 Å². The second kappa shape index (κ2) is 12.4. The Bertz CT molecular complexity index is 689. The van der Waals surface area contributed by atoms with Crippen LogP contribution < -0.4 is 5.32 Å². The highest BCUT2D eigenvalue weighted by Gasteiger charge is 2.22. The van der Waals surface area contributed by atoms with E-state index in [9.17, 15) is 9.59 Å². The second-order valence-electron chi connectivity index (χ2n) is 8.47. The van der Waals surface area contributed by atoms with Crippen molar-refractivity contribution in [1.29, 1.82) is 0 Å². The first kappa shape index (κ1) is 23.1. The predicted molar refractivity (Wildman–Crippen MR) is 124 cm³/mol. The van der Waals surface area contributed by atoms with Crippen LogP contribution in [0.4, 0.5) is 0 Å². The maximum absolute atomic E-state index is 13.2. The zero-order valence-electron chi connectivity index (χ0n) is 18.4. The number of hydrogen-bond donors (Lipinski definition) is 1. The molecule has 1 aliphatic heterocycles. The highest BCUT2D eigenvalue weighted by molar-refractivity contribution is 8.00. The van der Waals surface area contributed by atoms with Crippen molar-refractivity contribution in [2.75, 3.05) is 38.5 Å². The average Bonchev–Trinajstić information content (AvgIpc) is 2.99. The van der Waals surface area contributed by atoms with Crippen LogP contribution in [0.2, 0.25) is 0 Å². The summed E-state index contributed by atoms with van der Waals surface area (Å²) in [5.41, 5.74) is 0.728. The monoisotopic (exact) mass is 431 g/mol. The number of amides is 2. The summed E-state index contributed by atoms with van der Waals surface area (Å²) in [5.74, 6) is 0.544. The number of hydrogen-bond acceptors (Lipinski definition) is 4. The molecule has 0 spiro atoms. The molecule has 1 N–H and O–H groups in total. The van der Waals surface area contributed by atoms with Gasteiger partial charge in [0.1, 0.15) is 0 Å². The molecule has 1 heterocycles. The van der Waals surface area contributed by atoms with E-state index < -0.39 is 0 Å². The summed E-state index contributed by atoms with van der Waals surface area (Å²) in [6.07, 6.45) is 9.51. The van der Waals surface area contributed by atoms with E-state index in [4.69, 9.17) is 0 Å². The SMILES string of the molecule is CCN1CCCN(C(=O)c2ccccc2SCC(=O)NC2CCCCCCC2)CC1. The molecule has 30 heavy (non-hydrogen) atoms. The fourth-order valence-electron chi connectivity index (χ4n) is 4.44. The summed E-state index contributed by atoms with van der Waals surface area (Å²) in [6.45, 7) is 6.76. The van der Waals surface area contributed by atoms with E-state index in [2.05, 4.69) is 17.1 Å². The lowest BCUT2D eigenvalue weighted by molar-refractivity contribution is -0.119. The summed E-state index contributed by atoms with van der Waals surface area (Å²) in [6, 6.07) is 8.06. The third kappa shape index (κ3) is 7.02. The Labute approximate surface area is 186 Å². The van der Waals surface area contributed by atoms with Gasteiger partial charge in [-0.25, -0.2) is 0 Å². The first-order valence-corrected chi connectivity index (χ1v) is 12.7. The van der Waals surface area contributed by atoms with Crippen molar-refractivity contribution in [3.8, 4) is 0 Å². The topological polar surface area (TPSA) is 52.7 Å². The average molecular weight is 432 g/mol. The number of nitrogens with zero attached hydrogens (tertiary/aromatic N) is 2. The molecule has 1 saturated heterocycles. The van der Waals surface area contributed by atoms with Gasteiger partial charge in [-0.15, -0.1) is 11.8 Å². The minimum Gasteiger partial charge on any atom is -0.353 e. The first-order valence-electron chi connectivity index (χ1n) is 11.7. The Morgan fingerprint density at radius 3 is 2.47 bits per heavy atom. The summed E-state index contributed by atoms with van der Waals surface area (Å²) in [4.78, 5) is 31.0. The summed E-state index contributed by atoms with van der Waals surface area (Å²) >= 11 is 1.49. The van der Waals surface area contributed by atoms with Gasteiger partial charge < -0.3 is 15.1 Å². The molecular formula is C24H37N3O2S. The minimum absolute atomic E-state index is 0.0844. The molecule has 0 aromatic heterocycles. The molecular weight excluding hydrogens is 394 g/mol. The summed E-state index contributed by atoms with van der Waals surface area (Å²) in [5, 5.41) is 3.23. The molecule has 3 rings (SSSR count). The molecule has 0 radical (unpaired) electrons. The van der Waals surface area contributed by atoms with Gasteiger partial charge in [0.25, 0.3) is 5.91 Å². The largest absolute Gasteiger partial charge is 0.353 e. The highest BCUT2D eigenvalue weighted by atomic mass is 32.2. The van der Waals surface area contributed by atoms with Gasteiger partial charge in [-0.2, -0.15) is 0 Å². The van der Waals surface area contributed by atoms with Crippen LogP contribution in [0.5, 0.6) is 0 Å². The standard InChI is InChI=1S/C24H37N3O2S/c1-2-26-15-10-16-27(18-17-26)24(29)21-13-8-9-14-22(21)30-19-23(28)25-20-11-6-4-3-5-7-12-20/h8-9,13-14,20H,2-7,10-12,15-19H2,1H3,(H,25,28). The normalized spacial score (nSPS) is 19.6. The van der Waals surface area contributed by atoms with Crippen LogP contribution in [0.25, 0.3) is 0 Å². The Morgan fingerprint density at radius 2 is 1.70 bits per heavy atom. The zero-order chi connectivity index (χ0) is 21.2. The Morgan fingerprint density at radius 1 is 0.967 bits per heavy atom. The van der Waals surface area contributed by atoms with Crippen LogP contribution in [0.1, 0.15) is 68.6 Å². The van der Waals surface area contributed by atoms with Gasteiger partial charge in [-0.1, -0.05) is 51.2 Å². The van der Waals surface area contributed by atoms with Gasteiger partial charge in [-0.3, -0.25) is 9.59 Å². The molecule has 0 bridgehead atoms. The van der Waals surface area contributed by atoms with E-state index in [-0.39, 0.29) is 11.8 Å². The molecule has 5 nitrogen and oxygen atoms in total. The van der Waals surface area contributed by atoms with E-state index in [0.717, 1.165) is 62.4 Å². The molecule has 2 aliphatic rings. The number of nitrogens with one attached hydrogen (secondary N) is 1. The van der Waals surface area contributed by atoms with Crippen molar-refractivity contribution in [3.63, 3.8) is 0 Å². The smallest absolute Gasteiger partial charge is 0.255 e. The molecule has 2 fully saturated rings. The van der Waals surface area contributed by atoms with Crippen molar-refractivity contribution >= 4 is 23.6 Å². The fraction of sp³-hybridized carbons (Fsp3) is 0.667. The Balaban J connectivity index is 1.55. The molecule has 6 heteroatoms. The first-order chi connectivity index (χ1) is 14.7. The lowest BCUT2D eigenvalue weighted by Gasteiger charge is -2.23. The van der Waals surface area contributed by atoms with Gasteiger partial charge in [0.15, 0.2) is 0 Å². The zero-order valence-corrected chi connectivity index (χ0v) is 19.2. The van der Waals surface area contributed by atoms with Crippen LogP contribution >= 0.6 is 11.8 Å². The van der Waals surface area contributed by atoms with Crippen LogP contribution in [0.3, 0.4) is 0 Å². The molecule has 1 saturated carbocycles. The van der Waals surface area contributed by atoms with Crippen molar-refractivity contribution in [2.24, 2.45) is 0 Å². The lowest BCUT2D eigenvalue weighted by atomic mass is 9.97. The third-order valence-electron chi connectivity index (χ3n) is 6.27. The lowest BCUT2D eigenvalue weighted by Crippen LogP contribution is -2.36. The quantitative estimate of drug-likeness (QED) is 0.687. The Hall–Kier alpha value is -1.53. The molecule has 1 aromatic carbocycles. The maximum Gasteiger partial charge on any atom is 0.255 e. The van der Waals surface area contributed by atoms with Crippen LogP contribution in [0, 0.1) is 0 Å². The van der Waals surface area contributed by atoms with E-state index in [0.29, 0.717) is 11.8 Å². The van der Waals surface area contributed by atoms with Crippen LogP contribution in [-0.4, -0.2) is 66.1 Å². The maximum atomic E-state index is 13.2. The Kier molecular flexibility index (Phi) is 9.53. The van der Waals surface area contributed by atoms with Crippen LogP contribution in [0.15, 0.2) is 29.2 Å². The van der Waals surface area contributed by atoms with Crippen molar-refractivity contribution in [1.82, 2.24) is 15.1 Å². The predicted octanol–water partition coefficient (Wildman–Crippen LogP) is 4.18. The molecule has 2 amide bonds. The number of rotatable bonds is 6. The van der Waals surface area contributed by atoms with Crippen molar-refractivity contribution in [2.45, 2.75) is 69.2 Å². The van der Waals surface area contributed by atoms with Crippen LogP contribution in [-0.2, 0) is 4.79 Å². The minimum atomic E-state index is 0.0844. The van der Waals surface area contributed by atoms with Gasteiger partial charge in [0.05, 0.1) is 11.3 Å². The molecule has 0 unspecified atom stereocenters. The highest BCUT2D eigenvalue weighted by Crippen LogP contribution is 2.25. The van der Waals surface area contributed by atoms with Crippen molar-refractivity contribution < 1.29 is 9.59 Å². The molecule has 0 atom stereocenters. The number of carbonyl (C=O) groups is 2. The molecule has 1 aromatic rings. The van der Waals surface area contributed by atoms with E-state index in [1.54, 1.807) is 0 Å². The third-order valence-corrected chi connectivity index (χ3v) is 7.34. The van der Waals surface area contributed by atoms with Gasteiger partial charge in [0, 0.05) is 30.6 Å². The van der Waals surface area contributed by atoms with E-state index in [1.165, 1.54) is 43.9 Å². The molecule has 1 aliphatic carbocycles. The number of benzene rings is 1. The number of thioether (sulfide) groups is 1. The van der Waals surface area contributed by atoms with E-state index in [1.807, 2.05) is 29.2 Å². The fourth-order valence-corrected chi connectivity index (χ4v) is 5.30. The van der Waals surface area contributed by atoms with Gasteiger partial charge in [-0.05, 0) is 44.5 Å². The summed E-state index contributed by atoms with van der Waals surface area (Å²) in [7, 11) is 0. The number of carbonyl (C=O) groups excluding carboxylic acids is 2. The second-order valence-corrected chi connectivity index (χ2v) is 9.49. The number of likely N-dealkylation sites (N-methyl/N-ethyl adjacent to an activating group) is 1. The van der Waals surface area contributed by atoms with Gasteiger partial charge >= 0.3 is 0 Å². The van der Waals surface area contributed by atoms with E-state index >= 15 is 0 Å². The van der Waals surface area contributed by atoms with Gasteiger partial charge in [0.2, 0.25) is 5.91 Å². The summed E-state index contributed by atoms with van der Waals surface area (Å²) < 4.78 is 0. The molecule has 166 valence electrons.